The molecule has 154 valence electrons. The molecule has 0 atom stereocenters. The first-order chi connectivity index (χ1) is 14.7. The first-order valence-electron chi connectivity index (χ1n) is 10.2. The van der Waals surface area contributed by atoms with E-state index in [9.17, 15) is 4.79 Å². The third-order valence-electron chi connectivity index (χ3n) is 4.67. The van der Waals surface area contributed by atoms with Gasteiger partial charge in [-0.25, -0.2) is 4.79 Å². The van der Waals surface area contributed by atoms with Crippen molar-refractivity contribution >= 4 is 23.0 Å². The molecule has 0 aromatic heterocycles. The molecule has 0 heterocycles. The highest BCUT2D eigenvalue weighted by molar-refractivity contribution is 5.89. The summed E-state index contributed by atoms with van der Waals surface area (Å²) in [6, 6.07) is 25.3. The topological polar surface area (TPSA) is 54.3 Å². The molecule has 0 aliphatic heterocycles. The monoisotopic (exact) mass is 401 g/mol. The van der Waals surface area contributed by atoms with E-state index in [4.69, 9.17) is 4.74 Å². The van der Waals surface area contributed by atoms with Gasteiger partial charge < -0.3 is 9.64 Å². The average molecular weight is 402 g/mol. The number of esters is 1. The van der Waals surface area contributed by atoms with Gasteiger partial charge in [0.25, 0.3) is 0 Å². The summed E-state index contributed by atoms with van der Waals surface area (Å²) >= 11 is 0. The molecule has 0 aliphatic carbocycles. The van der Waals surface area contributed by atoms with Crippen LogP contribution >= 0.6 is 0 Å². The summed E-state index contributed by atoms with van der Waals surface area (Å²) in [5, 5.41) is 8.54. The summed E-state index contributed by atoms with van der Waals surface area (Å²) < 4.78 is 5.21. The van der Waals surface area contributed by atoms with Gasteiger partial charge in [-0.2, -0.15) is 10.2 Å². The first-order valence-corrected chi connectivity index (χ1v) is 10.2. The summed E-state index contributed by atoms with van der Waals surface area (Å²) in [6.07, 6.45) is 1.87. The molecule has 0 fully saturated rings. The van der Waals surface area contributed by atoms with Gasteiger partial charge in [0.1, 0.15) is 0 Å². The van der Waals surface area contributed by atoms with Crippen LogP contribution in [0.15, 0.2) is 89.1 Å². The largest absolute Gasteiger partial charge is 0.462 e. The van der Waals surface area contributed by atoms with Crippen molar-refractivity contribution in [2.24, 2.45) is 10.2 Å². The highest BCUT2D eigenvalue weighted by atomic mass is 16.5. The molecular formula is C25H27N3O2. The van der Waals surface area contributed by atoms with Crippen LogP contribution in [0.25, 0.3) is 0 Å². The number of benzene rings is 3. The van der Waals surface area contributed by atoms with Crippen LogP contribution in [-0.4, -0.2) is 19.6 Å². The summed E-state index contributed by atoms with van der Waals surface area (Å²) in [5.74, 6) is -0.304. The van der Waals surface area contributed by atoms with Crippen LogP contribution in [0.1, 0.15) is 35.7 Å². The van der Waals surface area contributed by atoms with E-state index < -0.39 is 0 Å². The molecule has 0 aliphatic rings. The Labute approximate surface area is 178 Å². The molecule has 5 heteroatoms. The maximum atomic E-state index is 11.9. The fraction of sp³-hybridized carbons (Fsp3) is 0.240. The standard InChI is InChI=1S/C25H27N3O2/c1-3-4-18-30-25(29)21-10-12-22(13-11-21)26-27-23-14-16-24(17-15-23)28(2)19-20-8-6-5-7-9-20/h5-17H,3-4,18-19H2,1-2H3. The number of azo groups is 1. The molecule has 3 aromatic carbocycles. The fourth-order valence-corrected chi connectivity index (χ4v) is 2.89. The summed E-state index contributed by atoms with van der Waals surface area (Å²) in [5.41, 5.74) is 4.36. The van der Waals surface area contributed by atoms with Gasteiger partial charge in [-0.05, 0) is 60.5 Å². The van der Waals surface area contributed by atoms with E-state index in [1.165, 1.54) is 5.56 Å². The number of unbranched alkanes of at least 4 members (excludes halogenated alkanes) is 1. The number of hydrogen-bond acceptors (Lipinski definition) is 5. The maximum Gasteiger partial charge on any atom is 0.338 e. The number of anilines is 1. The van der Waals surface area contributed by atoms with Crippen molar-refractivity contribution in [3.05, 3.63) is 90.0 Å². The van der Waals surface area contributed by atoms with Crippen molar-refractivity contribution < 1.29 is 9.53 Å². The van der Waals surface area contributed by atoms with Crippen LogP contribution in [-0.2, 0) is 11.3 Å². The van der Waals surface area contributed by atoms with Crippen LogP contribution in [0.4, 0.5) is 17.1 Å². The predicted molar refractivity (Wildman–Crippen MR) is 121 cm³/mol. The molecule has 0 unspecified atom stereocenters. The molecule has 30 heavy (non-hydrogen) atoms. The predicted octanol–water partition coefficient (Wildman–Crippen LogP) is 6.70. The van der Waals surface area contributed by atoms with Crippen molar-refractivity contribution in [1.82, 2.24) is 0 Å². The van der Waals surface area contributed by atoms with Crippen molar-refractivity contribution in [2.75, 3.05) is 18.6 Å². The van der Waals surface area contributed by atoms with Gasteiger partial charge in [-0.1, -0.05) is 43.7 Å². The van der Waals surface area contributed by atoms with Crippen LogP contribution in [0.2, 0.25) is 0 Å². The van der Waals surface area contributed by atoms with Gasteiger partial charge in [-0.15, -0.1) is 0 Å². The number of carbonyl (C=O) groups excluding carboxylic acids is 1. The first kappa shape index (κ1) is 21.2. The van der Waals surface area contributed by atoms with Crippen LogP contribution in [0.5, 0.6) is 0 Å². The van der Waals surface area contributed by atoms with E-state index >= 15 is 0 Å². The quantitative estimate of drug-likeness (QED) is 0.228. The lowest BCUT2D eigenvalue weighted by Gasteiger charge is -2.19. The van der Waals surface area contributed by atoms with E-state index in [1.807, 2.05) is 30.3 Å². The third kappa shape index (κ3) is 6.27. The fourth-order valence-electron chi connectivity index (χ4n) is 2.89. The minimum absolute atomic E-state index is 0.304. The summed E-state index contributed by atoms with van der Waals surface area (Å²) in [4.78, 5) is 14.1. The number of carbonyl (C=O) groups is 1. The van der Waals surface area contributed by atoms with Gasteiger partial charge in [0.05, 0.1) is 23.5 Å². The Balaban J connectivity index is 1.56. The van der Waals surface area contributed by atoms with Gasteiger partial charge >= 0.3 is 5.97 Å². The van der Waals surface area contributed by atoms with Crippen molar-refractivity contribution in [3.63, 3.8) is 0 Å². The lowest BCUT2D eigenvalue weighted by molar-refractivity contribution is 0.0500. The van der Waals surface area contributed by atoms with Crippen LogP contribution in [0.3, 0.4) is 0 Å². The number of rotatable bonds is 9. The molecule has 0 radical (unpaired) electrons. The molecule has 3 rings (SSSR count). The Morgan fingerprint density at radius 3 is 2.07 bits per heavy atom. The summed E-state index contributed by atoms with van der Waals surface area (Å²) in [6.45, 7) is 3.35. The lowest BCUT2D eigenvalue weighted by Crippen LogP contribution is -2.15. The van der Waals surface area contributed by atoms with Gasteiger partial charge in [0, 0.05) is 19.3 Å². The van der Waals surface area contributed by atoms with E-state index in [2.05, 4.69) is 53.4 Å². The highest BCUT2D eigenvalue weighted by Gasteiger charge is 2.06. The van der Waals surface area contributed by atoms with E-state index in [0.717, 1.165) is 30.8 Å². The normalized spacial score (nSPS) is 10.9. The molecule has 5 nitrogen and oxygen atoms in total. The lowest BCUT2D eigenvalue weighted by atomic mass is 10.2. The van der Waals surface area contributed by atoms with Crippen LogP contribution in [0, 0.1) is 0 Å². The Bertz CT molecular complexity index is 952. The molecule has 0 bridgehead atoms. The molecule has 3 aromatic rings. The molecule has 0 saturated carbocycles. The van der Waals surface area contributed by atoms with Crippen molar-refractivity contribution in [1.29, 1.82) is 0 Å². The second-order valence-corrected chi connectivity index (χ2v) is 7.09. The Morgan fingerprint density at radius 2 is 1.47 bits per heavy atom. The van der Waals surface area contributed by atoms with Crippen molar-refractivity contribution in [2.45, 2.75) is 26.3 Å². The van der Waals surface area contributed by atoms with E-state index in [0.29, 0.717) is 17.9 Å². The second-order valence-electron chi connectivity index (χ2n) is 7.09. The van der Waals surface area contributed by atoms with Crippen molar-refractivity contribution in [3.8, 4) is 0 Å². The zero-order chi connectivity index (χ0) is 21.2. The minimum atomic E-state index is -0.304. The zero-order valence-corrected chi connectivity index (χ0v) is 17.5. The zero-order valence-electron chi connectivity index (χ0n) is 17.5. The number of ether oxygens (including phenoxy) is 1. The minimum Gasteiger partial charge on any atom is -0.462 e. The molecule has 0 N–H and O–H groups in total. The molecule has 0 amide bonds. The smallest absolute Gasteiger partial charge is 0.338 e. The Morgan fingerprint density at radius 1 is 0.867 bits per heavy atom. The number of nitrogens with zero attached hydrogens (tertiary/aromatic N) is 3. The van der Waals surface area contributed by atoms with Gasteiger partial charge in [0.15, 0.2) is 0 Å². The molecule has 0 spiro atoms. The Kier molecular flexibility index (Phi) is 7.72. The van der Waals surface area contributed by atoms with Gasteiger partial charge in [0.2, 0.25) is 0 Å². The maximum absolute atomic E-state index is 11.9. The SMILES string of the molecule is CCCCOC(=O)c1ccc(N=Nc2ccc(N(C)Cc3ccccc3)cc2)cc1. The van der Waals surface area contributed by atoms with Crippen LogP contribution < -0.4 is 4.90 Å². The van der Waals surface area contributed by atoms with E-state index in [-0.39, 0.29) is 5.97 Å². The molecular weight excluding hydrogens is 374 g/mol. The summed E-state index contributed by atoms with van der Waals surface area (Å²) in [7, 11) is 2.07. The third-order valence-corrected chi connectivity index (χ3v) is 4.67. The molecule has 0 saturated heterocycles. The average Bonchev–Trinajstić information content (AvgIpc) is 2.79. The van der Waals surface area contributed by atoms with Gasteiger partial charge in [-0.3, -0.25) is 0 Å². The highest BCUT2D eigenvalue weighted by Crippen LogP contribution is 2.23. The second kappa shape index (κ2) is 10.9. The number of hydrogen-bond donors (Lipinski definition) is 0. The Hall–Kier alpha value is -3.47. The van der Waals surface area contributed by atoms with E-state index in [1.54, 1.807) is 24.3 Å².